The Hall–Kier alpha value is -1.50. The summed E-state index contributed by atoms with van der Waals surface area (Å²) in [5, 5.41) is 0. The van der Waals surface area contributed by atoms with Gasteiger partial charge in [0.1, 0.15) is 23.0 Å². The SMILES string of the molecule is COc1ccc(C(C)=O)nc1-c1ccc(F)c(I)c1. The first-order valence-electron chi connectivity index (χ1n) is 5.54. The lowest BCUT2D eigenvalue weighted by Gasteiger charge is -2.09. The molecule has 2 rings (SSSR count). The van der Waals surface area contributed by atoms with Crippen LogP contribution in [0.4, 0.5) is 4.39 Å². The number of ether oxygens (including phenoxy) is 1. The molecule has 3 nitrogen and oxygen atoms in total. The van der Waals surface area contributed by atoms with E-state index in [2.05, 4.69) is 4.98 Å². The van der Waals surface area contributed by atoms with Crippen molar-refractivity contribution in [3.8, 4) is 17.0 Å². The molecule has 0 aliphatic carbocycles. The van der Waals surface area contributed by atoms with Gasteiger partial charge in [0, 0.05) is 16.1 Å². The monoisotopic (exact) mass is 371 g/mol. The van der Waals surface area contributed by atoms with Crippen LogP contribution in [0, 0.1) is 9.39 Å². The van der Waals surface area contributed by atoms with E-state index in [1.54, 1.807) is 24.3 Å². The number of Topliss-reactive ketones (excluding diaryl/α,β-unsaturated/α-hetero) is 1. The number of hydrogen-bond acceptors (Lipinski definition) is 3. The summed E-state index contributed by atoms with van der Waals surface area (Å²) in [5.74, 6) is 0.138. The number of methoxy groups -OCH3 is 1. The number of hydrogen-bond donors (Lipinski definition) is 0. The predicted molar refractivity (Wildman–Crippen MR) is 78.9 cm³/mol. The molecule has 0 aliphatic rings. The molecule has 1 aromatic heterocycles. The van der Waals surface area contributed by atoms with Crippen LogP contribution in [0.2, 0.25) is 0 Å². The van der Waals surface area contributed by atoms with Crippen LogP contribution in [-0.4, -0.2) is 17.9 Å². The number of rotatable bonds is 3. The number of carbonyl (C=O) groups is 1. The molecule has 2 aromatic rings. The minimum Gasteiger partial charge on any atom is -0.494 e. The van der Waals surface area contributed by atoms with Crippen LogP contribution in [-0.2, 0) is 0 Å². The molecule has 0 amide bonds. The average Bonchev–Trinajstić information content (AvgIpc) is 2.41. The van der Waals surface area contributed by atoms with Crippen LogP contribution in [0.1, 0.15) is 17.4 Å². The van der Waals surface area contributed by atoms with Gasteiger partial charge in [0.15, 0.2) is 5.78 Å². The Kier molecular flexibility index (Phi) is 4.14. The topological polar surface area (TPSA) is 39.2 Å². The highest BCUT2D eigenvalue weighted by molar-refractivity contribution is 14.1. The summed E-state index contributed by atoms with van der Waals surface area (Å²) in [6.45, 7) is 1.45. The van der Waals surface area contributed by atoms with Gasteiger partial charge in [-0.15, -0.1) is 0 Å². The van der Waals surface area contributed by atoms with E-state index >= 15 is 0 Å². The summed E-state index contributed by atoms with van der Waals surface area (Å²) < 4.78 is 19.0. The highest BCUT2D eigenvalue weighted by Gasteiger charge is 2.12. The first-order valence-corrected chi connectivity index (χ1v) is 6.62. The second-order valence-corrected chi connectivity index (χ2v) is 5.09. The van der Waals surface area contributed by atoms with E-state index in [0.717, 1.165) is 0 Å². The maximum atomic E-state index is 13.3. The Balaban J connectivity index is 2.61. The first-order chi connectivity index (χ1) is 9.02. The fourth-order valence-electron chi connectivity index (χ4n) is 1.66. The molecule has 5 heteroatoms. The largest absolute Gasteiger partial charge is 0.494 e. The van der Waals surface area contributed by atoms with Gasteiger partial charge in [0.25, 0.3) is 0 Å². The quantitative estimate of drug-likeness (QED) is 0.610. The van der Waals surface area contributed by atoms with Crippen LogP contribution in [0.15, 0.2) is 30.3 Å². The van der Waals surface area contributed by atoms with E-state index in [-0.39, 0.29) is 11.6 Å². The summed E-state index contributed by atoms with van der Waals surface area (Å²) in [5.41, 5.74) is 1.61. The molecule has 0 spiro atoms. The van der Waals surface area contributed by atoms with Gasteiger partial charge in [-0.2, -0.15) is 0 Å². The van der Waals surface area contributed by atoms with Crippen molar-refractivity contribution < 1.29 is 13.9 Å². The average molecular weight is 371 g/mol. The number of ketones is 1. The molecule has 0 saturated carbocycles. The minimum atomic E-state index is -0.286. The molecule has 0 unspecified atom stereocenters. The molecule has 19 heavy (non-hydrogen) atoms. The van der Waals surface area contributed by atoms with Gasteiger partial charge >= 0.3 is 0 Å². The van der Waals surface area contributed by atoms with E-state index < -0.39 is 0 Å². The molecule has 0 N–H and O–H groups in total. The van der Waals surface area contributed by atoms with E-state index in [1.807, 2.05) is 22.6 Å². The van der Waals surface area contributed by atoms with E-state index in [0.29, 0.717) is 26.3 Å². The van der Waals surface area contributed by atoms with Gasteiger partial charge in [0.05, 0.1) is 7.11 Å². The van der Waals surface area contributed by atoms with Crippen molar-refractivity contribution >= 4 is 28.4 Å². The van der Waals surface area contributed by atoms with E-state index in [1.165, 1.54) is 20.1 Å². The molecular weight excluding hydrogens is 360 g/mol. The number of pyridine rings is 1. The standard InChI is InChI=1S/C14H11FINO2/c1-8(18)12-5-6-13(19-2)14(17-12)9-3-4-10(15)11(16)7-9/h3-7H,1-2H3. The van der Waals surface area contributed by atoms with Crippen LogP contribution >= 0.6 is 22.6 Å². The van der Waals surface area contributed by atoms with Crippen LogP contribution in [0.3, 0.4) is 0 Å². The summed E-state index contributed by atoms with van der Waals surface area (Å²) in [4.78, 5) is 15.7. The number of aromatic nitrogens is 1. The highest BCUT2D eigenvalue weighted by Crippen LogP contribution is 2.29. The molecule has 0 atom stereocenters. The van der Waals surface area contributed by atoms with Gasteiger partial charge in [-0.3, -0.25) is 4.79 Å². The van der Waals surface area contributed by atoms with Gasteiger partial charge in [-0.25, -0.2) is 9.37 Å². The lowest BCUT2D eigenvalue weighted by Crippen LogP contribution is -2.00. The Labute approximate surface area is 124 Å². The highest BCUT2D eigenvalue weighted by atomic mass is 127. The van der Waals surface area contributed by atoms with Crippen molar-refractivity contribution in [2.45, 2.75) is 6.92 Å². The lowest BCUT2D eigenvalue weighted by molar-refractivity contribution is 0.101. The summed E-state index contributed by atoms with van der Waals surface area (Å²) in [7, 11) is 1.53. The van der Waals surface area contributed by atoms with E-state index in [9.17, 15) is 9.18 Å². The maximum absolute atomic E-state index is 13.3. The lowest BCUT2D eigenvalue weighted by atomic mass is 10.1. The van der Waals surface area contributed by atoms with Crippen LogP contribution < -0.4 is 4.74 Å². The Bertz CT molecular complexity index is 643. The normalized spacial score (nSPS) is 10.3. The molecule has 98 valence electrons. The molecule has 0 bridgehead atoms. The van der Waals surface area contributed by atoms with Gasteiger partial charge in [-0.1, -0.05) is 0 Å². The Morgan fingerprint density at radius 3 is 2.63 bits per heavy atom. The van der Waals surface area contributed by atoms with Crippen molar-refractivity contribution in [1.82, 2.24) is 4.98 Å². The molecule has 1 aromatic carbocycles. The van der Waals surface area contributed by atoms with Crippen molar-refractivity contribution in [3.05, 3.63) is 45.4 Å². The molecule has 0 saturated heterocycles. The van der Waals surface area contributed by atoms with Gasteiger partial charge < -0.3 is 4.74 Å². The molecular formula is C14H11FINO2. The Morgan fingerprint density at radius 1 is 1.32 bits per heavy atom. The van der Waals surface area contributed by atoms with Crippen LogP contribution in [0.5, 0.6) is 5.75 Å². The van der Waals surface area contributed by atoms with Crippen molar-refractivity contribution in [1.29, 1.82) is 0 Å². The second kappa shape index (κ2) is 5.64. The van der Waals surface area contributed by atoms with Crippen LogP contribution in [0.25, 0.3) is 11.3 Å². The first kappa shape index (κ1) is 13.9. The van der Waals surface area contributed by atoms with Gasteiger partial charge in [-0.05, 0) is 52.9 Å². The zero-order valence-corrected chi connectivity index (χ0v) is 12.6. The number of nitrogens with zero attached hydrogens (tertiary/aromatic N) is 1. The fourth-order valence-corrected chi connectivity index (χ4v) is 2.17. The molecule has 0 radical (unpaired) electrons. The number of benzene rings is 1. The second-order valence-electron chi connectivity index (χ2n) is 3.93. The third-order valence-corrected chi connectivity index (χ3v) is 3.46. The van der Waals surface area contributed by atoms with Crippen molar-refractivity contribution in [3.63, 3.8) is 0 Å². The van der Waals surface area contributed by atoms with Gasteiger partial charge in [0.2, 0.25) is 0 Å². The third-order valence-electron chi connectivity index (χ3n) is 2.63. The molecule has 0 fully saturated rings. The summed E-state index contributed by atoms with van der Waals surface area (Å²) in [6.07, 6.45) is 0. The molecule has 1 heterocycles. The zero-order chi connectivity index (χ0) is 14.0. The number of halogens is 2. The third kappa shape index (κ3) is 2.91. The smallest absolute Gasteiger partial charge is 0.178 e. The number of carbonyl (C=O) groups excluding carboxylic acids is 1. The minimum absolute atomic E-state index is 0.124. The Morgan fingerprint density at radius 2 is 2.05 bits per heavy atom. The maximum Gasteiger partial charge on any atom is 0.178 e. The fraction of sp³-hybridized carbons (Fsp3) is 0.143. The van der Waals surface area contributed by atoms with Crippen molar-refractivity contribution in [2.24, 2.45) is 0 Å². The summed E-state index contributed by atoms with van der Waals surface area (Å²) in [6, 6.07) is 7.96. The molecule has 0 aliphatic heterocycles. The predicted octanol–water partition coefficient (Wildman–Crippen LogP) is 3.70. The zero-order valence-electron chi connectivity index (χ0n) is 10.4. The summed E-state index contributed by atoms with van der Waals surface area (Å²) >= 11 is 1.91. The van der Waals surface area contributed by atoms with Crippen molar-refractivity contribution in [2.75, 3.05) is 7.11 Å². The van der Waals surface area contributed by atoms with E-state index in [4.69, 9.17) is 4.74 Å².